The molecule has 19 heavy (non-hydrogen) atoms. The summed E-state index contributed by atoms with van der Waals surface area (Å²) in [7, 11) is 1.72. The Labute approximate surface area is 110 Å². The van der Waals surface area contributed by atoms with Gasteiger partial charge in [0.25, 0.3) is 0 Å². The molecule has 0 N–H and O–H groups in total. The number of azide groups is 1. The van der Waals surface area contributed by atoms with Crippen LogP contribution in [0, 0.1) is 0 Å². The Morgan fingerprint density at radius 2 is 2.26 bits per heavy atom. The summed E-state index contributed by atoms with van der Waals surface area (Å²) in [5.74, 6) is 1.22. The molecule has 100 valence electrons. The molecule has 1 aliphatic carbocycles. The van der Waals surface area contributed by atoms with Crippen LogP contribution in [0.1, 0.15) is 37.3 Å². The molecule has 1 atom stereocenters. The zero-order chi connectivity index (χ0) is 13.4. The van der Waals surface area contributed by atoms with E-state index in [4.69, 9.17) is 5.53 Å². The molecule has 0 radical (unpaired) electrons. The van der Waals surface area contributed by atoms with Crippen molar-refractivity contribution >= 4 is 11.7 Å². The van der Waals surface area contributed by atoms with Crippen LogP contribution in [0.5, 0.6) is 0 Å². The average Bonchev–Trinajstić information content (AvgIpc) is 3.17. The zero-order valence-corrected chi connectivity index (χ0v) is 10.9. The van der Waals surface area contributed by atoms with Crippen LogP contribution in [-0.4, -0.2) is 28.8 Å². The molecule has 0 bridgehead atoms. The topological polar surface area (TPSA) is 86.9 Å². The van der Waals surface area contributed by atoms with Gasteiger partial charge in [0.1, 0.15) is 11.9 Å². The second-order valence-corrected chi connectivity index (χ2v) is 5.19. The molecule has 0 spiro atoms. The number of carbonyl (C=O) groups is 1. The van der Waals surface area contributed by atoms with Gasteiger partial charge in [-0.3, -0.25) is 9.69 Å². The lowest BCUT2D eigenvalue weighted by atomic mass is 10.1. The van der Waals surface area contributed by atoms with Crippen molar-refractivity contribution in [1.29, 1.82) is 0 Å². The predicted molar refractivity (Wildman–Crippen MR) is 69.8 cm³/mol. The molecular formula is C12H16N6O. The number of hydrogen-bond acceptors (Lipinski definition) is 3. The number of rotatable bonds is 2. The average molecular weight is 260 g/mol. The van der Waals surface area contributed by atoms with Crippen molar-refractivity contribution in [3.63, 3.8) is 0 Å². The maximum Gasteiger partial charge on any atom is 0.236 e. The minimum atomic E-state index is -0.594. The van der Waals surface area contributed by atoms with Crippen molar-refractivity contribution in [3.8, 4) is 0 Å². The van der Waals surface area contributed by atoms with E-state index >= 15 is 0 Å². The molecule has 3 rings (SSSR count). The lowest BCUT2D eigenvalue weighted by molar-refractivity contribution is -0.119. The molecule has 1 aromatic rings. The van der Waals surface area contributed by atoms with Gasteiger partial charge in [0, 0.05) is 30.5 Å². The third kappa shape index (κ3) is 2.17. The minimum Gasteiger partial charge on any atom is -0.300 e. The molecule has 1 saturated carbocycles. The molecule has 7 nitrogen and oxygen atoms in total. The summed E-state index contributed by atoms with van der Waals surface area (Å²) in [6.45, 7) is 0.761. The van der Waals surface area contributed by atoms with Gasteiger partial charge in [-0.2, -0.15) is 5.10 Å². The smallest absolute Gasteiger partial charge is 0.236 e. The number of nitrogens with zero attached hydrogens (tertiary/aromatic N) is 6. The van der Waals surface area contributed by atoms with Crippen molar-refractivity contribution in [2.75, 3.05) is 11.9 Å². The highest BCUT2D eigenvalue weighted by Gasteiger charge is 2.31. The van der Waals surface area contributed by atoms with Crippen LogP contribution < -0.4 is 4.90 Å². The fourth-order valence-corrected chi connectivity index (χ4v) is 2.50. The van der Waals surface area contributed by atoms with Gasteiger partial charge in [0.15, 0.2) is 0 Å². The number of likely N-dealkylation sites (N-methyl/N-ethyl adjacent to an activating group) is 1. The van der Waals surface area contributed by atoms with Crippen LogP contribution >= 0.6 is 0 Å². The summed E-state index contributed by atoms with van der Waals surface area (Å²) >= 11 is 0. The first-order valence-electron chi connectivity index (χ1n) is 6.60. The van der Waals surface area contributed by atoms with Crippen LogP contribution in [0.25, 0.3) is 10.4 Å². The van der Waals surface area contributed by atoms with Crippen molar-refractivity contribution in [2.24, 2.45) is 5.11 Å². The summed E-state index contributed by atoms with van der Waals surface area (Å²) in [6, 6.07) is 1.40. The minimum absolute atomic E-state index is 0.152. The maximum absolute atomic E-state index is 12.3. The quantitative estimate of drug-likeness (QED) is 0.463. The van der Waals surface area contributed by atoms with Crippen molar-refractivity contribution in [1.82, 2.24) is 9.78 Å². The molecule has 2 aliphatic rings. The van der Waals surface area contributed by atoms with E-state index in [1.807, 2.05) is 10.7 Å². The van der Waals surface area contributed by atoms with Gasteiger partial charge in [-0.25, -0.2) is 4.68 Å². The first kappa shape index (κ1) is 12.0. The summed E-state index contributed by atoms with van der Waals surface area (Å²) in [5, 5.41) is 8.19. The largest absolute Gasteiger partial charge is 0.300 e. The van der Waals surface area contributed by atoms with Crippen LogP contribution in [0.4, 0.5) is 5.82 Å². The van der Waals surface area contributed by atoms with E-state index in [9.17, 15) is 4.79 Å². The van der Waals surface area contributed by atoms with Crippen LogP contribution in [0.2, 0.25) is 0 Å². The second kappa shape index (κ2) is 4.59. The standard InChI is InChI=1S/C12H16N6O/c1-17-11-7-10(8-4-5-8)15-18(11)6-2-3-9(12(17)19)14-16-13/h7-9H,2-6H2,1H3. The Bertz CT molecular complexity index is 555. The first-order chi connectivity index (χ1) is 9.20. The highest BCUT2D eigenvalue weighted by molar-refractivity contribution is 5.96. The van der Waals surface area contributed by atoms with E-state index in [1.54, 1.807) is 11.9 Å². The Hall–Kier alpha value is -2.01. The molecule has 1 amide bonds. The number of aryl methyl sites for hydroxylation is 1. The first-order valence-corrected chi connectivity index (χ1v) is 6.60. The van der Waals surface area contributed by atoms with Gasteiger partial charge in [-0.1, -0.05) is 5.11 Å². The van der Waals surface area contributed by atoms with Crippen LogP contribution in [0.3, 0.4) is 0 Å². The number of carbonyl (C=O) groups excluding carboxylic acids is 1. The lowest BCUT2D eigenvalue weighted by Gasteiger charge is -2.24. The van der Waals surface area contributed by atoms with E-state index in [1.165, 1.54) is 12.8 Å². The predicted octanol–water partition coefficient (Wildman–Crippen LogP) is 2.20. The Kier molecular flexibility index (Phi) is 2.91. The lowest BCUT2D eigenvalue weighted by Crippen LogP contribution is -2.38. The summed E-state index contributed by atoms with van der Waals surface area (Å²) in [4.78, 5) is 16.6. The Balaban J connectivity index is 1.94. The molecule has 7 heteroatoms. The van der Waals surface area contributed by atoms with Crippen molar-refractivity contribution < 1.29 is 4.79 Å². The van der Waals surface area contributed by atoms with Gasteiger partial charge < -0.3 is 0 Å². The van der Waals surface area contributed by atoms with Gasteiger partial charge >= 0.3 is 0 Å². The summed E-state index contributed by atoms with van der Waals surface area (Å²) in [5.41, 5.74) is 9.62. The highest BCUT2D eigenvalue weighted by Crippen LogP contribution is 2.40. The third-order valence-electron chi connectivity index (χ3n) is 3.77. The number of hydrogen-bond donors (Lipinski definition) is 0. The fraction of sp³-hybridized carbons (Fsp3) is 0.667. The van der Waals surface area contributed by atoms with E-state index < -0.39 is 6.04 Å². The number of aromatic nitrogens is 2. The molecular weight excluding hydrogens is 244 g/mol. The number of anilines is 1. The normalized spacial score (nSPS) is 23.3. The van der Waals surface area contributed by atoms with E-state index in [0.29, 0.717) is 12.3 Å². The fourth-order valence-electron chi connectivity index (χ4n) is 2.50. The van der Waals surface area contributed by atoms with Gasteiger partial charge in [0.2, 0.25) is 5.91 Å². The number of amides is 1. The summed E-state index contributed by atoms with van der Waals surface area (Å²) in [6.07, 6.45) is 3.75. The Morgan fingerprint density at radius 3 is 2.95 bits per heavy atom. The molecule has 1 aromatic heterocycles. The Morgan fingerprint density at radius 1 is 1.47 bits per heavy atom. The van der Waals surface area contributed by atoms with Crippen molar-refractivity contribution in [2.45, 2.75) is 44.2 Å². The van der Waals surface area contributed by atoms with Crippen LogP contribution in [0.15, 0.2) is 11.2 Å². The SMILES string of the molecule is CN1C(=O)C(N=[N+]=[N-])CCCn2nc(C3CC3)cc21. The molecule has 1 aliphatic heterocycles. The van der Waals surface area contributed by atoms with E-state index in [-0.39, 0.29) is 5.91 Å². The summed E-state index contributed by atoms with van der Waals surface area (Å²) < 4.78 is 1.90. The van der Waals surface area contributed by atoms with Gasteiger partial charge in [-0.15, -0.1) is 0 Å². The zero-order valence-electron chi connectivity index (χ0n) is 10.9. The number of fused-ring (bicyclic) bond motifs is 1. The third-order valence-corrected chi connectivity index (χ3v) is 3.77. The van der Waals surface area contributed by atoms with E-state index in [2.05, 4.69) is 15.1 Å². The highest BCUT2D eigenvalue weighted by atomic mass is 16.2. The maximum atomic E-state index is 12.3. The molecule has 2 heterocycles. The van der Waals surface area contributed by atoms with Gasteiger partial charge in [0.05, 0.1) is 5.69 Å². The van der Waals surface area contributed by atoms with Crippen LogP contribution in [-0.2, 0) is 11.3 Å². The molecule has 0 saturated heterocycles. The molecule has 1 unspecified atom stereocenters. The van der Waals surface area contributed by atoms with Gasteiger partial charge in [-0.05, 0) is 31.2 Å². The molecule has 1 fully saturated rings. The van der Waals surface area contributed by atoms with E-state index in [0.717, 1.165) is 24.5 Å². The molecule has 0 aromatic carbocycles. The second-order valence-electron chi connectivity index (χ2n) is 5.19. The monoisotopic (exact) mass is 260 g/mol. The van der Waals surface area contributed by atoms with Crippen molar-refractivity contribution in [3.05, 3.63) is 22.2 Å².